The molecule has 1 aromatic heterocycles. The van der Waals surface area contributed by atoms with Crippen molar-refractivity contribution >= 4 is 22.5 Å². The van der Waals surface area contributed by atoms with Gasteiger partial charge in [0, 0.05) is 43.3 Å². The van der Waals surface area contributed by atoms with E-state index in [2.05, 4.69) is 22.1 Å². The van der Waals surface area contributed by atoms with E-state index in [0.717, 1.165) is 54.2 Å². The number of carbonyl (C=O) groups is 1. The molecule has 0 unspecified atom stereocenters. The van der Waals surface area contributed by atoms with Crippen LogP contribution in [0.2, 0.25) is 0 Å². The lowest BCUT2D eigenvalue weighted by Gasteiger charge is -2.29. The highest BCUT2D eigenvalue weighted by molar-refractivity contribution is 6.04. The summed E-state index contributed by atoms with van der Waals surface area (Å²) < 4.78 is 13.2. The van der Waals surface area contributed by atoms with Gasteiger partial charge in [-0.1, -0.05) is 18.2 Å². The zero-order valence-electron chi connectivity index (χ0n) is 16.5. The smallest absolute Gasteiger partial charge is 0.275 e. The van der Waals surface area contributed by atoms with E-state index in [1.54, 1.807) is 4.68 Å². The van der Waals surface area contributed by atoms with Crippen LogP contribution in [0.25, 0.3) is 10.9 Å². The molecule has 0 saturated carbocycles. The number of aryl methyl sites for hydroxylation is 1. The van der Waals surface area contributed by atoms with E-state index in [9.17, 15) is 4.79 Å². The van der Waals surface area contributed by atoms with E-state index in [-0.39, 0.29) is 5.91 Å². The Labute approximate surface area is 169 Å². The minimum atomic E-state index is -0.0602. The predicted molar refractivity (Wildman–Crippen MR) is 110 cm³/mol. The van der Waals surface area contributed by atoms with Crippen LogP contribution in [-0.4, -0.2) is 60.0 Å². The fourth-order valence-corrected chi connectivity index (χ4v) is 4.09. The van der Waals surface area contributed by atoms with Crippen molar-refractivity contribution in [3.63, 3.8) is 0 Å². The van der Waals surface area contributed by atoms with E-state index in [1.807, 2.05) is 42.3 Å². The number of hydrogen-bond donors (Lipinski definition) is 0. The minimum absolute atomic E-state index is 0.0602. The summed E-state index contributed by atoms with van der Waals surface area (Å²) in [5.41, 5.74) is 3.63. The number of amides is 1. The van der Waals surface area contributed by atoms with E-state index >= 15 is 0 Å². The van der Waals surface area contributed by atoms with Gasteiger partial charge in [0.2, 0.25) is 0 Å². The van der Waals surface area contributed by atoms with Crippen molar-refractivity contribution < 1.29 is 14.3 Å². The van der Waals surface area contributed by atoms with Crippen LogP contribution < -0.4 is 9.64 Å². The highest BCUT2D eigenvalue weighted by atomic mass is 16.5. The molecule has 2 aromatic carbocycles. The Kier molecular flexibility index (Phi) is 4.60. The summed E-state index contributed by atoms with van der Waals surface area (Å²) in [5.74, 6) is 0.790. The lowest BCUT2D eigenvalue weighted by Crippen LogP contribution is -2.36. The first-order chi connectivity index (χ1) is 14.2. The van der Waals surface area contributed by atoms with Crippen LogP contribution in [-0.2, 0) is 18.3 Å². The molecule has 0 aliphatic carbocycles. The quantitative estimate of drug-likeness (QED) is 0.671. The fourth-order valence-electron chi connectivity index (χ4n) is 4.09. The Hall–Kier alpha value is -3.06. The zero-order chi connectivity index (χ0) is 19.8. The van der Waals surface area contributed by atoms with Gasteiger partial charge in [-0.3, -0.25) is 9.48 Å². The summed E-state index contributed by atoms with van der Waals surface area (Å²) in [4.78, 5) is 17.5. The van der Waals surface area contributed by atoms with Crippen molar-refractivity contribution in [1.29, 1.82) is 0 Å². The van der Waals surface area contributed by atoms with Crippen molar-refractivity contribution in [2.45, 2.75) is 6.54 Å². The first-order valence-corrected chi connectivity index (χ1v) is 10.00. The van der Waals surface area contributed by atoms with Gasteiger partial charge in [0.1, 0.15) is 12.4 Å². The number of hydrogen-bond acceptors (Lipinski definition) is 5. The van der Waals surface area contributed by atoms with E-state index < -0.39 is 0 Å². The van der Waals surface area contributed by atoms with Crippen molar-refractivity contribution in [3.05, 3.63) is 53.7 Å². The van der Waals surface area contributed by atoms with Crippen molar-refractivity contribution in [2.75, 3.05) is 44.4 Å². The topological polar surface area (TPSA) is 59.8 Å². The van der Waals surface area contributed by atoms with Crippen LogP contribution in [0.5, 0.6) is 5.75 Å². The molecular weight excluding hydrogens is 368 g/mol. The molecule has 0 atom stereocenters. The third-order valence-corrected chi connectivity index (χ3v) is 5.65. The lowest BCUT2D eigenvalue weighted by atomic mass is 10.1. The lowest BCUT2D eigenvalue weighted by molar-refractivity contribution is 0.0728. The summed E-state index contributed by atoms with van der Waals surface area (Å²) in [6.07, 6.45) is 0. The number of benzene rings is 2. The highest BCUT2D eigenvalue weighted by Crippen LogP contribution is 2.30. The molecule has 7 nitrogen and oxygen atoms in total. The van der Waals surface area contributed by atoms with Gasteiger partial charge in [0.15, 0.2) is 5.69 Å². The van der Waals surface area contributed by atoms with Crippen LogP contribution in [0, 0.1) is 0 Å². The molecule has 0 N–H and O–H groups in total. The molecule has 0 spiro atoms. The molecule has 1 amide bonds. The second-order valence-corrected chi connectivity index (χ2v) is 7.46. The molecule has 1 saturated heterocycles. The molecule has 29 heavy (non-hydrogen) atoms. The van der Waals surface area contributed by atoms with Crippen molar-refractivity contribution in [1.82, 2.24) is 14.7 Å². The van der Waals surface area contributed by atoms with E-state index in [0.29, 0.717) is 25.4 Å². The Balaban J connectivity index is 1.44. The van der Waals surface area contributed by atoms with Gasteiger partial charge in [0.25, 0.3) is 5.91 Å². The molecule has 0 bridgehead atoms. The summed E-state index contributed by atoms with van der Waals surface area (Å²) in [5, 5.41) is 5.39. The van der Waals surface area contributed by atoms with Crippen LogP contribution in [0.15, 0.2) is 42.5 Å². The van der Waals surface area contributed by atoms with Crippen LogP contribution in [0.3, 0.4) is 0 Å². The van der Waals surface area contributed by atoms with E-state index in [4.69, 9.17) is 9.47 Å². The predicted octanol–water partition coefficient (Wildman–Crippen LogP) is 2.44. The number of morpholine rings is 1. The summed E-state index contributed by atoms with van der Waals surface area (Å²) >= 11 is 0. The van der Waals surface area contributed by atoms with Gasteiger partial charge in [-0.15, -0.1) is 0 Å². The maximum absolute atomic E-state index is 13.3. The third-order valence-electron chi connectivity index (χ3n) is 5.65. The van der Waals surface area contributed by atoms with Crippen LogP contribution in [0.1, 0.15) is 16.1 Å². The molecule has 5 rings (SSSR count). The SMILES string of the molecule is Cn1nc(C(=O)N2CCOc3ccc(N4CCOCC4)cc3C2)c2ccccc21. The largest absolute Gasteiger partial charge is 0.491 e. The molecule has 3 heterocycles. The number of carbonyl (C=O) groups excluding carboxylic acids is 1. The van der Waals surface area contributed by atoms with Gasteiger partial charge in [-0.25, -0.2) is 0 Å². The first-order valence-electron chi connectivity index (χ1n) is 10.00. The van der Waals surface area contributed by atoms with Crippen LogP contribution in [0.4, 0.5) is 5.69 Å². The van der Waals surface area contributed by atoms with Gasteiger partial charge in [-0.05, 0) is 24.3 Å². The third kappa shape index (κ3) is 3.31. The molecule has 150 valence electrons. The number of rotatable bonds is 2. The molecule has 2 aliphatic heterocycles. The monoisotopic (exact) mass is 392 g/mol. The molecule has 2 aliphatic rings. The number of fused-ring (bicyclic) bond motifs is 2. The average Bonchev–Trinajstić information content (AvgIpc) is 2.96. The molecule has 1 fully saturated rings. The Bertz CT molecular complexity index is 1060. The summed E-state index contributed by atoms with van der Waals surface area (Å²) in [7, 11) is 1.87. The maximum atomic E-state index is 13.3. The minimum Gasteiger partial charge on any atom is -0.491 e. The van der Waals surface area contributed by atoms with Crippen molar-refractivity contribution in [2.24, 2.45) is 7.05 Å². The molecular formula is C22H24N4O3. The summed E-state index contributed by atoms with van der Waals surface area (Å²) in [6, 6.07) is 14.1. The second-order valence-electron chi connectivity index (χ2n) is 7.46. The molecule has 0 radical (unpaired) electrons. The number of para-hydroxylation sites is 1. The molecule has 7 heteroatoms. The normalized spacial score (nSPS) is 17.0. The van der Waals surface area contributed by atoms with Crippen molar-refractivity contribution in [3.8, 4) is 5.75 Å². The molecule has 3 aromatic rings. The van der Waals surface area contributed by atoms with Gasteiger partial charge >= 0.3 is 0 Å². The van der Waals surface area contributed by atoms with Gasteiger partial charge in [-0.2, -0.15) is 5.10 Å². The van der Waals surface area contributed by atoms with Crippen LogP contribution >= 0.6 is 0 Å². The Morgan fingerprint density at radius 1 is 1.03 bits per heavy atom. The highest BCUT2D eigenvalue weighted by Gasteiger charge is 2.25. The summed E-state index contributed by atoms with van der Waals surface area (Å²) in [6.45, 7) is 4.75. The fraction of sp³-hybridized carbons (Fsp3) is 0.364. The Morgan fingerprint density at radius 3 is 2.72 bits per heavy atom. The second kappa shape index (κ2) is 7.40. The number of ether oxygens (including phenoxy) is 2. The number of anilines is 1. The maximum Gasteiger partial charge on any atom is 0.275 e. The zero-order valence-corrected chi connectivity index (χ0v) is 16.5. The number of aromatic nitrogens is 2. The Morgan fingerprint density at radius 2 is 1.86 bits per heavy atom. The van der Waals surface area contributed by atoms with Gasteiger partial charge < -0.3 is 19.3 Å². The van der Waals surface area contributed by atoms with E-state index in [1.165, 1.54) is 0 Å². The number of nitrogens with zero attached hydrogens (tertiary/aromatic N) is 4. The average molecular weight is 392 g/mol. The standard InChI is InChI=1S/C22H24N4O3/c1-24-19-5-3-2-4-18(19)21(23-24)22(27)26-10-13-29-20-7-6-17(14-16(20)15-26)25-8-11-28-12-9-25/h2-7,14H,8-13,15H2,1H3. The van der Waals surface area contributed by atoms with Gasteiger partial charge in [0.05, 0.1) is 25.3 Å². The first kappa shape index (κ1) is 18.0.